The van der Waals surface area contributed by atoms with Crippen molar-refractivity contribution in [3.63, 3.8) is 0 Å². The lowest BCUT2D eigenvalue weighted by Crippen LogP contribution is -2.38. The maximum atomic E-state index is 13.5. The summed E-state index contributed by atoms with van der Waals surface area (Å²) in [5.41, 5.74) is 2.58. The van der Waals surface area contributed by atoms with Crippen molar-refractivity contribution < 1.29 is 14.0 Å². The van der Waals surface area contributed by atoms with Gasteiger partial charge in [-0.25, -0.2) is 4.39 Å². The highest BCUT2D eigenvalue weighted by molar-refractivity contribution is 7.10. The van der Waals surface area contributed by atoms with E-state index in [0.29, 0.717) is 23.4 Å². The molecule has 27 heavy (non-hydrogen) atoms. The van der Waals surface area contributed by atoms with Crippen LogP contribution >= 0.6 is 11.3 Å². The molecule has 2 aromatic rings. The molecule has 1 aromatic carbocycles. The fourth-order valence-electron chi connectivity index (χ4n) is 3.91. The van der Waals surface area contributed by atoms with Gasteiger partial charge in [0, 0.05) is 39.9 Å². The molecule has 2 heterocycles. The van der Waals surface area contributed by atoms with Crippen molar-refractivity contribution in [2.24, 2.45) is 10.9 Å². The Morgan fingerprint density at radius 3 is 2.85 bits per heavy atom. The van der Waals surface area contributed by atoms with Crippen LogP contribution in [-0.2, 0) is 9.59 Å². The maximum absolute atomic E-state index is 13.5. The van der Waals surface area contributed by atoms with Crippen LogP contribution in [0.15, 0.2) is 58.0 Å². The molecule has 0 bridgehead atoms. The quantitative estimate of drug-likeness (QED) is 0.836. The molecule has 2 unspecified atom stereocenters. The summed E-state index contributed by atoms with van der Waals surface area (Å²) in [5, 5.41) is 4.75. The van der Waals surface area contributed by atoms with Crippen molar-refractivity contribution in [2.75, 3.05) is 5.32 Å². The Labute approximate surface area is 160 Å². The van der Waals surface area contributed by atoms with Gasteiger partial charge < -0.3 is 5.32 Å². The van der Waals surface area contributed by atoms with Gasteiger partial charge in [0.25, 0.3) is 0 Å². The van der Waals surface area contributed by atoms with Crippen molar-refractivity contribution in [1.29, 1.82) is 0 Å². The number of hydrogen-bond acceptors (Lipinski definition) is 4. The second-order valence-electron chi connectivity index (χ2n) is 6.86. The number of hydrogen-bond donors (Lipinski definition) is 1. The Hall–Kier alpha value is -2.60. The van der Waals surface area contributed by atoms with E-state index in [1.807, 2.05) is 24.4 Å². The summed E-state index contributed by atoms with van der Waals surface area (Å²) in [6.07, 6.45) is 2.05. The molecular weight excluding hydrogens is 363 g/mol. The minimum absolute atomic E-state index is 0.0782. The molecule has 4 nitrogen and oxygen atoms in total. The average molecular weight is 382 g/mol. The molecule has 0 spiro atoms. The van der Waals surface area contributed by atoms with Crippen LogP contribution in [0.2, 0.25) is 0 Å². The predicted octanol–water partition coefficient (Wildman–Crippen LogP) is 4.71. The van der Waals surface area contributed by atoms with Gasteiger partial charge in [0.15, 0.2) is 5.78 Å². The number of allylic oxidation sites excluding steroid dienone is 2. The Kier molecular flexibility index (Phi) is 4.74. The first kappa shape index (κ1) is 17.8. The summed E-state index contributed by atoms with van der Waals surface area (Å²) in [7, 11) is 0. The van der Waals surface area contributed by atoms with E-state index in [0.717, 1.165) is 23.4 Å². The van der Waals surface area contributed by atoms with E-state index in [4.69, 9.17) is 0 Å². The molecule has 6 heteroatoms. The topological polar surface area (TPSA) is 58.5 Å². The van der Waals surface area contributed by atoms with Gasteiger partial charge >= 0.3 is 0 Å². The Balaban J connectivity index is 1.74. The molecule has 4 rings (SSSR count). The number of amides is 1. The first-order valence-corrected chi connectivity index (χ1v) is 9.84. The number of benzene rings is 1. The second kappa shape index (κ2) is 7.19. The van der Waals surface area contributed by atoms with Crippen LogP contribution in [0.3, 0.4) is 0 Å². The monoisotopic (exact) mass is 382 g/mol. The zero-order valence-corrected chi connectivity index (χ0v) is 15.7. The molecule has 1 N–H and O–H groups in total. The van der Waals surface area contributed by atoms with Gasteiger partial charge in [-0.15, -0.1) is 11.3 Å². The summed E-state index contributed by atoms with van der Waals surface area (Å²) >= 11 is 1.54. The number of halogens is 1. The lowest BCUT2D eigenvalue weighted by molar-refractivity contribution is -0.118. The zero-order chi connectivity index (χ0) is 19.0. The predicted molar refractivity (Wildman–Crippen MR) is 105 cm³/mol. The Morgan fingerprint density at radius 1 is 1.26 bits per heavy atom. The molecule has 0 radical (unpaired) electrons. The minimum atomic E-state index is -0.590. The molecule has 1 aliphatic carbocycles. The molecule has 2 aliphatic rings. The summed E-state index contributed by atoms with van der Waals surface area (Å²) in [5.74, 6) is -1.53. The lowest BCUT2D eigenvalue weighted by Gasteiger charge is -2.34. The van der Waals surface area contributed by atoms with Gasteiger partial charge in [-0.1, -0.05) is 12.1 Å². The van der Waals surface area contributed by atoms with E-state index in [-0.39, 0.29) is 17.6 Å². The first-order chi connectivity index (χ1) is 13.0. The third-order valence-electron chi connectivity index (χ3n) is 5.06. The van der Waals surface area contributed by atoms with E-state index < -0.39 is 11.7 Å². The number of carbonyl (C=O) groups is 2. The Bertz CT molecular complexity index is 962. The number of ketones is 1. The van der Waals surface area contributed by atoms with Crippen LogP contribution < -0.4 is 5.32 Å². The highest BCUT2D eigenvalue weighted by Crippen LogP contribution is 2.44. The van der Waals surface area contributed by atoms with Crippen LogP contribution in [0, 0.1) is 11.7 Å². The summed E-state index contributed by atoms with van der Waals surface area (Å²) in [6.45, 7) is 1.83. The van der Waals surface area contributed by atoms with Crippen molar-refractivity contribution in [2.45, 2.75) is 32.1 Å². The fraction of sp³-hybridized carbons (Fsp3) is 0.286. The molecular formula is C21H19FN2O2S. The molecule has 0 saturated carbocycles. The third-order valence-corrected chi connectivity index (χ3v) is 6.01. The first-order valence-electron chi connectivity index (χ1n) is 8.96. The number of thiophene rings is 1. The number of rotatable bonds is 3. The molecule has 0 fully saturated rings. The van der Waals surface area contributed by atoms with Crippen LogP contribution in [0.25, 0.3) is 0 Å². The molecule has 1 aromatic heterocycles. The highest BCUT2D eigenvalue weighted by atomic mass is 32.1. The van der Waals surface area contributed by atoms with Crippen molar-refractivity contribution in [1.82, 2.24) is 0 Å². The van der Waals surface area contributed by atoms with Crippen LogP contribution in [0.5, 0.6) is 0 Å². The SMILES string of the molecule is CC1=NC2=C(C(=O)CCC2)C(c2cccs2)C1C(=O)Nc1cccc(F)c1. The van der Waals surface area contributed by atoms with E-state index in [2.05, 4.69) is 10.3 Å². The fourth-order valence-corrected chi connectivity index (χ4v) is 4.78. The Morgan fingerprint density at radius 2 is 2.11 bits per heavy atom. The zero-order valence-electron chi connectivity index (χ0n) is 14.9. The normalized spacial score (nSPS) is 22.3. The van der Waals surface area contributed by atoms with Gasteiger partial charge in [-0.2, -0.15) is 0 Å². The highest BCUT2D eigenvalue weighted by Gasteiger charge is 2.42. The number of aliphatic imine (C=N–C) groups is 1. The summed E-state index contributed by atoms with van der Waals surface area (Å²) in [4.78, 5) is 31.4. The van der Waals surface area contributed by atoms with Gasteiger partial charge in [0.1, 0.15) is 5.82 Å². The summed E-state index contributed by atoms with van der Waals surface area (Å²) < 4.78 is 13.5. The standard InChI is InChI=1S/C21H19FN2O2S/c1-12-18(21(26)24-14-6-2-5-13(22)11-14)20(17-9-4-10-27-17)19-15(23-12)7-3-8-16(19)25/h2,4-6,9-11,18,20H,3,7-8H2,1H3,(H,24,26). The number of Topliss-reactive ketones (excluding diaryl/α,β-unsaturated/α-hetero) is 1. The maximum Gasteiger partial charge on any atom is 0.234 e. The van der Waals surface area contributed by atoms with Crippen molar-refractivity contribution in [3.05, 3.63) is 63.7 Å². The van der Waals surface area contributed by atoms with Gasteiger partial charge in [0.2, 0.25) is 5.91 Å². The van der Waals surface area contributed by atoms with Crippen LogP contribution in [-0.4, -0.2) is 17.4 Å². The second-order valence-corrected chi connectivity index (χ2v) is 7.84. The smallest absolute Gasteiger partial charge is 0.234 e. The van der Waals surface area contributed by atoms with Gasteiger partial charge in [0.05, 0.1) is 5.92 Å². The molecule has 138 valence electrons. The van der Waals surface area contributed by atoms with E-state index in [1.54, 1.807) is 12.1 Å². The van der Waals surface area contributed by atoms with Crippen molar-refractivity contribution >= 4 is 34.4 Å². The number of nitrogens with zero attached hydrogens (tertiary/aromatic N) is 1. The number of nitrogens with one attached hydrogen (secondary N) is 1. The van der Waals surface area contributed by atoms with Crippen molar-refractivity contribution in [3.8, 4) is 0 Å². The molecule has 1 amide bonds. The van der Waals surface area contributed by atoms with E-state index in [1.165, 1.54) is 23.5 Å². The molecule has 0 saturated heterocycles. The molecule has 1 aliphatic heterocycles. The number of carbonyl (C=O) groups excluding carboxylic acids is 2. The van der Waals surface area contributed by atoms with Gasteiger partial charge in [-0.3, -0.25) is 14.6 Å². The van der Waals surface area contributed by atoms with E-state index >= 15 is 0 Å². The van der Waals surface area contributed by atoms with Crippen LogP contribution in [0.1, 0.15) is 37.0 Å². The average Bonchev–Trinajstić information content (AvgIpc) is 3.15. The number of anilines is 1. The molecule has 2 atom stereocenters. The minimum Gasteiger partial charge on any atom is -0.325 e. The van der Waals surface area contributed by atoms with Gasteiger partial charge in [-0.05, 0) is 49.4 Å². The van der Waals surface area contributed by atoms with Crippen LogP contribution in [0.4, 0.5) is 10.1 Å². The lowest BCUT2D eigenvalue weighted by atomic mass is 9.74. The largest absolute Gasteiger partial charge is 0.325 e. The third kappa shape index (κ3) is 3.37. The van der Waals surface area contributed by atoms with E-state index in [9.17, 15) is 14.0 Å². The summed E-state index contributed by atoms with van der Waals surface area (Å²) in [6, 6.07) is 9.69.